The van der Waals surface area contributed by atoms with Crippen LogP contribution < -0.4 is 24.8 Å². The van der Waals surface area contributed by atoms with Gasteiger partial charge in [0.2, 0.25) is 0 Å². The molecule has 1 rings (SSSR count). The second-order valence-electron chi connectivity index (χ2n) is 5.90. The Labute approximate surface area is 168 Å². The number of hydrogen-bond donors (Lipinski definition) is 2. The second-order valence-corrected chi connectivity index (χ2v) is 5.90. The van der Waals surface area contributed by atoms with Crippen molar-refractivity contribution in [1.82, 2.24) is 10.6 Å². The molecule has 0 aliphatic rings. The van der Waals surface area contributed by atoms with E-state index in [2.05, 4.69) is 29.5 Å². The minimum absolute atomic E-state index is 0. The van der Waals surface area contributed by atoms with Crippen LogP contribution in [0.3, 0.4) is 0 Å². The molecule has 0 aliphatic heterocycles. The predicted octanol–water partition coefficient (Wildman–Crippen LogP) is 3.43. The molecule has 2 N–H and O–H groups in total. The Balaban J connectivity index is 0.00000576. The van der Waals surface area contributed by atoms with E-state index in [4.69, 9.17) is 14.2 Å². The summed E-state index contributed by atoms with van der Waals surface area (Å²) in [5.41, 5.74) is 0.922. The number of methoxy groups -OCH3 is 3. The van der Waals surface area contributed by atoms with Crippen molar-refractivity contribution >= 4 is 29.9 Å². The molecule has 6 nitrogen and oxygen atoms in total. The van der Waals surface area contributed by atoms with E-state index < -0.39 is 0 Å². The third-order valence-electron chi connectivity index (χ3n) is 3.72. The zero-order valence-corrected chi connectivity index (χ0v) is 18.5. The lowest BCUT2D eigenvalue weighted by Gasteiger charge is -2.17. The molecule has 0 heterocycles. The van der Waals surface area contributed by atoms with Crippen LogP contribution in [0.5, 0.6) is 17.2 Å². The largest absolute Gasteiger partial charge is 0.496 e. The van der Waals surface area contributed by atoms with Crippen molar-refractivity contribution in [3.05, 3.63) is 17.7 Å². The zero-order valence-electron chi connectivity index (χ0n) is 16.1. The van der Waals surface area contributed by atoms with E-state index in [0.29, 0.717) is 23.8 Å². The molecule has 0 spiro atoms. The molecular weight excluding hydrogens is 433 g/mol. The minimum atomic E-state index is 0. The van der Waals surface area contributed by atoms with E-state index in [9.17, 15) is 0 Å². The van der Waals surface area contributed by atoms with Crippen LogP contribution in [0.1, 0.15) is 32.3 Å². The third kappa shape index (κ3) is 8.02. The Hall–Kier alpha value is -1.38. The first-order chi connectivity index (χ1) is 11.5. The minimum Gasteiger partial charge on any atom is -0.496 e. The monoisotopic (exact) mass is 465 g/mol. The maximum Gasteiger partial charge on any atom is 0.191 e. The van der Waals surface area contributed by atoms with Gasteiger partial charge >= 0.3 is 0 Å². The van der Waals surface area contributed by atoms with Gasteiger partial charge in [-0.15, -0.1) is 24.0 Å². The molecule has 1 aromatic carbocycles. The van der Waals surface area contributed by atoms with Crippen molar-refractivity contribution in [2.75, 3.05) is 34.9 Å². The summed E-state index contributed by atoms with van der Waals surface area (Å²) < 4.78 is 16.2. The van der Waals surface area contributed by atoms with E-state index >= 15 is 0 Å². The molecule has 0 radical (unpaired) electrons. The van der Waals surface area contributed by atoms with Crippen LogP contribution in [0.15, 0.2) is 17.1 Å². The summed E-state index contributed by atoms with van der Waals surface area (Å²) in [5, 5.41) is 6.62. The number of nitrogens with zero attached hydrogens (tertiary/aromatic N) is 1. The van der Waals surface area contributed by atoms with Gasteiger partial charge in [0.15, 0.2) is 5.96 Å². The number of nitrogens with one attached hydrogen (secondary N) is 2. The van der Waals surface area contributed by atoms with Crippen molar-refractivity contribution in [1.29, 1.82) is 0 Å². The molecule has 25 heavy (non-hydrogen) atoms. The van der Waals surface area contributed by atoms with E-state index in [1.807, 2.05) is 12.1 Å². The SMILES string of the molecule is CN=C(NCCCC(C)C)NCc1c(OC)cc(OC)cc1OC.I. The number of aliphatic imine (C=N–C) groups is 1. The van der Waals surface area contributed by atoms with Gasteiger partial charge in [-0.3, -0.25) is 4.99 Å². The van der Waals surface area contributed by atoms with Gasteiger partial charge in [-0.05, 0) is 18.8 Å². The highest BCUT2D eigenvalue weighted by Crippen LogP contribution is 2.33. The fourth-order valence-electron chi connectivity index (χ4n) is 2.36. The van der Waals surface area contributed by atoms with Crippen molar-refractivity contribution in [3.63, 3.8) is 0 Å². The van der Waals surface area contributed by atoms with E-state index in [0.717, 1.165) is 30.4 Å². The Kier molecular flexibility index (Phi) is 12.2. The standard InChI is InChI=1S/C18H31N3O3.HI/c1-13(2)8-7-9-20-18(19-3)21-12-15-16(23-5)10-14(22-4)11-17(15)24-6;/h10-11,13H,7-9,12H2,1-6H3,(H2,19,20,21);1H. The summed E-state index contributed by atoms with van der Waals surface area (Å²) >= 11 is 0. The normalized spacial score (nSPS) is 10.9. The molecule has 0 saturated heterocycles. The maximum atomic E-state index is 5.46. The lowest BCUT2D eigenvalue weighted by atomic mass is 10.1. The van der Waals surface area contributed by atoms with Crippen LogP contribution in [-0.2, 0) is 6.54 Å². The van der Waals surface area contributed by atoms with Crippen LogP contribution in [0.2, 0.25) is 0 Å². The van der Waals surface area contributed by atoms with Gasteiger partial charge in [-0.2, -0.15) is 0 Å². The first kappa shape index (κ1) is 23.6. The number of guanidine groups is 1. The highest BCUT2D eigenvalue weighted by molar-refractivity contribution is 14.0. The second kappa shape index (κ2) is 12.9. The smallest absolute Gasteiger partial charge is 0.191 e. The Bertz CT molecular complexity index is 511. The van der Waals surface area contributed by atoms with Crippen LogP contribution in [0.25, 0.3) is 0 Å². The van der Waals surface area contributed by atoms with Crippen molar-refractivity contribution in [3.8, 4) is 17.2 Å². The average molecular weight is 465 g/mol. The molecule has 7 heteroatoms. The van der Waals surface area contributed by atoms with Crippen LogP contribution in [0, 0.1) is 5.92 Å². The third-order valence-corrected chi connectivity index (χ3v) is 3.72. The summed E-state index contributed by atoms with van der Waals surface area (Å²) in [6, 6.07) is 3.69. The summed E-state index contributed by atoms with van der Waals surface area (Å²) in [6.45, 7) is 5.90. The first-order valence-corrected chi connectivity index (χ1v) is 8.29. The van der Waals surface area contributed by atoms with Crippen molar-refractivity contribution < 1.29 is 14.2 Å². The lowest BCUT2D eigenvalue weighted by Crippen LogP contribution is -2.37. The van der Waals surface area contributed by atoms with Crippen LogP contribution >= 0.6 is 24.0 Å². The summed E-state index contributed by atoms with van der Waals surface area (Å²) in [6.07, 6.45) is 2.32. The molecule has 0 atom stereocenters. The molecule has 1 aromatic rings. The molecule has 0 aromatic heterocycles. The van der Waals surface area contributed by atoms with E-state index in [1.165, 1.54) is 6.42 Å². The number of halogens is 1. The average Bonchev–Trinajstić information content (AvgIpc) is 2.60. The Morgan fingerprint density at radius 1 is 1.04 bits per heavy atom. The summed E-state index contributed by atoms with van der Waals surface area (Å²) in [7, 11) is 6.66. The maximum absolute atomic E-state index is 5.46. The van der Waals surface area contributed by atoms with Crippen molar-refractivity contribution in [2.24, 2.45) is 10.9 Å². The zero-order chi connectivity index (χ0) is 17.9. The molecule has 144 valence electrons. The van der Waals surface area contributed by atoms with Gasteiger partial charge < -0.3 is 24.8 Å². The number of rotatable bonds is 9. The highest BCUT2D eigenvalue weighted by atomic mass is 127. The number of benzene rings is 1. The highest BCUT2D eigenvalue weighted by Gasteiger charge is 2.13. The molecule has 0 amide bonds. The van der Waals surface area contributed by atoms with E-state index in [1.54, 1.807) is 28.4 Å². The van der Waals surface area contributed by atoms with Crippen LogP contribution in [0.4, 0.5) is 0 Å². The Morgan fingerprint density at radius 3 is 2.08 bits per heavy atom. The fourth-order valence-corrected chi connectivity index (χ4v) is 2.36. The van der Waals surface area contributed by atoms with Crippen molar-refractivity contribution in [2.45, 2.75) is 33.2 Å². The van der Waals surface area contributed by atoms with Gasteiger partial charge in [-0.25, -0.2) is 0 Å². The fraction of sp³-hybridized carbons (Fsp3) is 0.611. The molecular formula is C18H32IN3O3. The predicted molar refractivity (Wildman–Crippen MR) is 114 cm³/mol. The topological polar surface area (TPSA) is 64.1 Å². The number of ether oxygens (including phenoxy) is 3. The first-order valence-electron chi connectivity index (χ1n) is 8.29. The van der Waals surface area contributed by atoms with Gasteiger partial charge in [0.05, 0.1) is 33.4 Å². The molecule has 0 unspecified atom stereocenters. The molecule has 0 aliphatic carbocycles. The van der Waals surface area contributed by atoms with Gasteiger partial charge in [0.25, 0.3) is 0 Å². The number of hydrogen-bond acceptors (Lipinski definition) is 4. The molecule has 0 fully saturated rings. The summed E-state index contributed by atoms with van der Waals surface area (Å²) in [5.74, 6) is 3.61. The van der Waals surface area contributed by atoms with Gasteiger partial charge in [0, 0.05) is 25.7 Å². The van der Waals surface area contributed by atoms with Crippen LogP contribution in [-0.4, -0.2) is 40.9 Å². The van der Waals surface area contributed by atoms with E-state index in [-0.39, 0.29) is 24.0 Å². The molecule has 0 bridgehead atoms. The van der Waals surface area contributed by atoms with Gasteiger partial charge in [0.1, 0.15) is 17.2 Å². The quantitative estimate of drug-likeness (QED) is 0.253. The lowest BCUT2D eigenvalue weighted by molar-refractivity contribution is 0.368. The Morgan fingerprint density at radius 2 is 1.64 bits per heavy atom. The van der Waals surface area contributed by atoms with Gasteiger partial charge in [-0.1, -0.05) is 13.8 Å². The summed E-state index contributed by atoms with van der Waals surface area (Å²) in [4.78, 5) is 4.25. The molecule has 0 saturated carbocycles.